The fraction of sp³-hybridized carbons (Fsp3) is 0.740. The van der Waals surface area contributed by atoms with Gasteiger partial charge in [-0.1, -0.05) is 102 Å². The number of fused-ring (bicyclic) bond motifs is 2. The largest absolute Gasteiger partial charge is 0.459 e. The summed E-state index contributed by atoms with van der Waals surface area (Å²) >= 11 is 6.02. The molecule has 1 fully saturated rings. The monoisotopic (exact) mass is 902 g/mol. The van der Waals surface area contributed by atoms with Crippen LogP contribution >= 0.6 is 11.6 Å². The average molecular weight is 903 g/mol. The van der Waals surface area contributed by atoms with E-state index in [1.165, 1.54) is 44.9 Å². The van der Waals surface area contributed by atoms with Gasteiger partial charge in [0, 0.05) is 44.2 Å². The van der Waals surface area contributed by atoms with Crippen LogP contribution in [0, 0.1) is 17.8 Å². The molecule has 1 saturated carbocycles. The molecule has 356 valence electrons. The number of aliphatic hydroxyl groups excluding tert-OH is 2. The molecule has 63 heavy (non-hydrogen) atoms. The molecule has 6 unspecified atom stereocenters. The molecule has 0 saturated heterocycles. The second kappa shape index (κ2) is 27.2. The van der Waals surface area contributed by atoms with Crippen molar-refractivity contribution in [1.82, 2.24) is 10.2 Å². The molecule has 0 radical (unpaired) electrons. The van der Waals surface area contributed by atoms with Gasteiger partial charge < -0.3 is 39.3 Å². The summed E-state index contributed by atoms with van der Waals surface area (Å²) in [6, 6.07) is 4.81. The van der Waals surface area contributed by atoms with Gasteiger partial charge in [-0.2, -0.15) is 0 Å². The van der Waals surface area contributed by atoms with Crippen molar-refractivity contribution in [2.75, 3.05) is 45.4 Å². The van der Waals surface area contributed by atoms with Crippen LogP contribution in [0.5, 0.6) is 11.5 Å². The number of rotatable bonds is 29. The highest BCUT2D eigenvalue weighted by atomic mass is 35.5. The third kappa shape index (κ3) is 15.1. The lowest BCUT2D eigenvalue weighted by Gasteiger charge is -2.60. The summed E-state index contributed by atoms with van der Waals surface area (Å²) in [6.45, 7) is 15.4. The van der Waals surface area contributed by atoms with E-state index in [9.17, 15) is 19.8 Å². The number of hydrogen-bond acceptors (Lipinski definition) is 10. The lowest BCUT2D eigenvalue weighted by molar-refractivity contribution is -0.255. The molecule has 0 spiro atoms. The van der Waals surface area contributed by atoms with Gasteiger partial charge in [-0.15, -0.1) is 18.2 Å². The first-order valence-electron chi connectivity index (χ1n) is 24.2. The number of nitrogens with one attached hydrogen (secondary N) is 1. The maximum atomic E-state index is 14.1. The van der Waals surface area contributed by atoms with E-state index in [4.69, 9.17) is 40.5 Å². The van der Waals surface area contributed by atoms with Crippen molar-refractivity contribution in [3.8, 4) is 11.5 Å². The average Bonchev–Trinajstić information content (AvgIpc) is 3.26. The number of aliphatic hydroxyl groups is 2. The highest BCUT2D eigenvalue weighted by molar-refractivity contribution is 6.18. The third-order valence-electron chi connectivity index (χ3n) is 12.5. The van der Waals surface area contributed by atoms with E-state index in [1.807, 2.05) is 39.8 Å². The standard InChI is InChI=1S/C50H80ClN3O9/c1-7-10-11-12-13-14-15-16-17-20-28-52-47(57)61-38-25-26-43-41(35-38)45-39(24-19-22-31-56)37(23-18-21-30-55)34-40-42(53-63-49(4,5)6)36-44(50(62-43,46(40)45)60-32-9-3)54(29-8-2)48(58)59-33-27-51/h9,25-26,34-35,37,39,44-46,55-56H,3,7-8,10-24,27-33,36H2,1-2,4-6H3,(H,52,57). The van der Waals surface area contributed by atoms with Gasteiger partial charge >= 0.3 is 12.2 Å². The molecule has 0 bridgehead atoms. The fourth-order valence-corrected chi connectivity index (χ4v) is 9.75. The van der Waals surface area contributed by atoms with Crippen molar-refractivity contribution < 1.29 is 43.6 Å². The van der Waals surface area contributed by atoms with Gasteiger partial charge in [0.15, 0.2) is 0 Å². The maximum Gasteiger partial charge on any atom is 0.412 e. The number of unbranched alkanes of at least 4 members (excludes halogenated alkanes) is 11. The number of halogens is 1. The summed E-state index contributed by atoms with van der Waals surface area (Å²) < 4.78 is 26.0. The number of ether oxygens (including phenoxy) is 4. The highest BCUT2D eigenvalue weighted by Gasteiger charge is 2.65. The number of carbonyl (C=O) groups is 2. The SMILES string of the molecule is C=CCOC12Oc3ccc(OC(=O)NCCCCCCCCCCCC)cc3C3C(CCCCO)C(CCCCO)C=C(C(=NOC(C)(C)C)CC1N(CCC)C(=O)OCCCl)C32. The minimum Gasteiger partial charge on any atom is -0.459 e. The predicted molar refractivity (Wildman–Crippen MR) is 251 cm³/mol. The minimum absolute atomic E-state index is 0.0186. The number of alkyl halides is 1. The lowest BCUT2D eigenvalue weighted by atomic mass is 9.55. The van der Waals surface area contributed by atoms with Crippen molar-refractivity contribution in [2.45, 2.75) is 174 Å². The van der Waals surface area contributed by atoms with E-state index in [2.05, 4.69) is 24.9 Å². The van der Waals surface area contributed by atoms with E-state index in [0.29, 0.717) is 49.6 Å². The molecule has 1 aromatic carbocycles. The Morgan fingerprint density at radius 1 is 0.968 bits per heavy atom. The Morgan fingerprint density at radius 2 is 1.65 bits per heavy atom. The molecule has 12 nitrogen and oxygen atoms in total. The van der Waals surface area contributed by atoms with E-state index >= 15 is 0 Å². The Labute approximate surface area is 383 Å². The van der Waals surface area contributed by atoms with Crippen LogP contribution in [0.1, 0.15) is 162 Å². The van der Waals surface area contributed by atoms with Crippen LogP contribution in [0.4, 0.5) is 9.59 Å². The molecule has 3 aliphatic rings. The Bertz CT molecular complexity index is 1620. The second-order valence-electron chi connectivity index (χ2n) is 18.5. The van der Waals surface area contributed by atoms with Gasteiger partial charge in [0.2, 0.25) is 5.79 Å². The number of amides is 2. The van der Waals surface area contributed by atoms with Crippen LogP contribution < -0.4 is 14.8 Å². The molecule has 13 heteroatoms. The molecule has 1 heterocycles. The van der Waals surface area contributed by atoms with Gasteiger partial charge in [-0.3, -0.25) is 4.90 Å². The third-order valence-corrected chi connectivity index (χ3v) is 12.6. The quantitative estimate of drug-likeness (QED) is 0.0309. The molecule has 6 atom stereocenters. The summed E-state index contributed by atoms with van der Waals surface area (Å²) in [7, 11) is 0. The van der Waals surface area contributed by atoms with Crippen molar-refractivity contribution in [1.29, 1.82) is 0 Å². The number of hydrogen-bond donors (Lipinski definition) is 3. The van der Waals surface area contributed by atoms with Crippen LogP contribution in [-0.2, 0) is 14.3 Å². The lowest BCUT2D eigenvalue weighted by Crippen LogP contribution is -2.70. The Hall–Kier alpha value is -3.32. The van der Waals surface area contributed by atoms with Crippen LogP contribution in [0.2, 0.25) is 0 Å². The second-order valence-corrected chi connectivity index (χ2v) is 18.8. The highest BCUT2D eigenvalue weighted by Crippen LogP contribution is 2.62. The number of benzene rings is 1. The van der Waals surface area contributed by atoms with Crippen LogP contribution in [0.25, 0.3) is 0 Å². The van der Waals surface area contributed by atoms with Crippen molar-refractivity contribution in [2.24, 2.45) is 22.9 Å². The molecule has 3 N–H and O–H groups in total. The molecular formula is C50H80ClN3O9. The van der Waals surface area contributed by atoms with Crippen molar-refractivity contribution in [3.63, 3.8) is 0 Å². The maximum absolute atomic E-state index is 14.1. The molecule has 4 rings (SSSR count). The Morgan fingerprint density at radius 3 is 2.29 bits per heavy atom. The smallest absolute Gasteiger partial charge is 0.412 e. The fourth-order valence-electron chi connectivity index (χ4n) is 9.67. The summed E-state index contributed by atoms with van der Waals surface area (Å²) in [5.41, 5.74) is 1.89. The molecule has 1 aliphatic heterocycles. The topological polar surface area (TPSA) is 148 Å². The van der Waals surface area contributed by atoms with Crippen molar-refractivity contribution >= 4 is 29.5 Å². The van der Waals surface area contributed by atoms with Gasteiger partial charge in [0.1, 0.15) is 29.7 Å². The van der Waals surface area contributed by atoms with Crippen LogP contribution in [0.3, 0.4) is 0 Å². The zero-order valence-electron chi connectivity index (χ0n) is 39.2. The predicted octanol–water partition coefficient (Wildman–Crippen LogP) is 11.2. The van der Waals surface area contributed by atoms with Crippen LogP contribution in [-0.4, -0.2) is 95.8 Å². The Balaban J connectivity index is 1.79. The van der Waals surface area contributed by atoms with Crippen LogP contribution in [0.15, 0.2) is 47.7 Å². The number of carbonyl (C=O) groups excluding carboxylic acids is 2. The molecular weight excluding hydrogens is 822 g/mol. The molecule has 1 aromatic rings. The van der Waals surface area contributed by atoms with E-state index in [0.717, 1.165) is 56.1 Å². The van der Waals surface area contributed by atoms with E-state index in [-0.39, 0.29) is 56.5 Å². The van der Waals surface area contributed by atoms with E-state index in [1.54, 1.807) is 17.0 Å². The van der Waals surface area contributed by atoms with Gasteiger partial charge in [0.05, 0.1) is 24.1 Å². The van der Waals surface area contributed by atoms with E-state index < -0.39 is 35.5 Å². The molecule has 2 aliphatic carbocycles. The van der Waals surface area contributed by atoms with Gasteiger partial charge in [-0.05, 0) is 94.9 Å². The van der Waals surface area contributed by atoms with Gasteiger partial charge in [-0.25, -0.2) is 9.59 Å². The minimum atomic E-state index is -1.42. The molecule has 0 aromatic heterocycles. The summed E-state index contributed by atoms with van der Waals surface area (Å²) in [4.78, 5) is 35.3. The zero-order chi connectivity index (χ0) is 45.7. The first-order chi connectivity index (χ1) is 30.5. The normalized spacial score (nSPS) is 23.2. The number of nitrogens with zero attached hydrogens (tertiary/aromatic N) is 2. The number of allylic oxidation sites excluding steroid dienone is 1. The summed E-state index contributed by atoms with van der Waals surface area (Å²) in [6.07, 6.45) is 20.5. The van der Waals surface area contributed by atoms with Crippen molar-refractivity contribution in [3.05, 3.63) is 48.1 Å². The summed E-state index contributed by atoms with van der Waals surface area (Å²) in [5, 5.41) is 27.6. The molecule has 2 amide bonds. The number of oxime groups is 1. The summed E-state index contributed by atoms with van der Waals surface area (Å²) in [5.74, 6) is -0.994. The first kappa shape index (κ1) is 52.3. The Kier molecular flexibility index (Phi) is 22.6. The zero-order valence-corrected chi connectivity index (χ0v) is 39.9. The first-order valence-corrected chi connectivity index (χ1v) is 24.7. The van der Waals surface area contributed by atoms with Gasteiger partial charge in [0.25, 0.3) is 0 Å².